The summed E-state index contributed by atoms with van der Waals surface area (Å²) in [6.45, 7) is 5.22. The zero-order chi connectivity index (χ0) is 14.7. The second kappa shape index (κ2) is 6.24. The largest absolute Gasteiger partial charge is 0.486 e. The summed E-state index contributed by atoms with van der Waals surface area (Å²) >= 11 is 11.1. The molecule has 106 valence electrons. The van der Waals surface area contributed by atoms with E-state index < -0.39 is 0 Å². The van der Waals surface area contributed by atoms with Crippen molar-refractivity contribution in [3.8, 4) is 5.75 Å². The van der Waals surface area contributed by atoms with Gasteiger partial charge >= 0.3 is 0 Å². The van der Waals surface area contributed by atoms with Gasteiger partial charge in [-0.1, -0.05) is 23.8 Å². The van der Waals surface area contributed by atoms with Crippen molar-refractivity contribution in [2.24, 2.45) is 5.73 Å². The van der Waals surface area contributed by atoms with E-state index in [0.29, 0.717) is 22.4 Å². The molecule has 0 aliphatic carbocycles. The first-order chi connectivity index (χ1) is 9.51. The highest BCUT2D eigenvalue weighted by Gasteiger charge is 2.08. The summed E-state index contributed by atoms with van der Waals surface area (Å²) in [5, 5.41) is 4.87. The van der Waals surface area contributed by atoms with Crippen molar-refractivity contribution >= 4 is 28.8 Å². The highest BCUT2D eigenvalue weighted by atomic mass is 35.5. The number of halogens is 1. The number of benzene rings is 1. The third-order valence-electron chi connectivity index (χ3n) is 2.88. The molecule has 0 spiro atoms. The Morgan fingerprint density at radius 2 is 2.20 bits per heavy atom. The molecular weight excluding hydrogens is 294 g/mol. The Morgan fingerprint density at radius 1 is 1.45 bits per heavy atom. The zero-order valence-electron chi connectivity index (χ0n) is 11.4. The quantitative estimate of drug-likeness (QED) is 0.862. The van der Waals surface area contributed by atoms with E-state index in [2.05, 4.69) is 5.10 Å². The first kappa shape index (κ1) is 14.8. The Hall–Kier alpha value is -1.59. The molecule has 1 aromatic carbocycles. The predicted molar refractivity (Wildman–Crippen MR) is 84.3 cm³/mol. The third-order valence-corrected chi connectivity index (χ3v) is 3.41. The summed E-state index contributed by atoms with van der Waals surface area (Å²) in [5.74, 6) is 0.605. The number of thiocarbonyl (C=S) groups is 1. The van der Waals surface area contributed by atoms with Crippen molar-refractivity contribution < 1.29 is 4.74 Å². The molecule has 0 unspecified atom stereocenters. The van der Waals surface area contributed by atoms with Gasteiger partial charge in [-0.05, 0) is 38.1 Å². The van der Waals surface area contributed by atoms with E-state index in [4.69, 9.17) is 34.3 Å². The van der Waals surface area contributed by atoms with Gasteiger partial charge in [0.05, 0.1) is 16.4 Å². The smallest absolute Gasteiger partial charge is 0.138 e. The topological polar surface area (TPSA) is 53.1 Å². The fraction of sp³-hybridized carbons (Fsp3) is 0.286. The minimum Gasteiger partial charge on any atom is -0.486 e. The Bertz CT molecular complexity index is 639. The first-order valence-electron chi connectivity index (χ1n) is 6.26. The average Bonchev–Trinajstić information content (AvgIpc) is 2.77. The highest BCUT2D eigenvalue weighted by molar-refractivity contribution is 7.80. The first-order valence-corrected chi connectivity index (χ1v) is 7.05. The lowest BCUT2D eigenvalue weighted by molar-refractivity contribution is 0.292. The van der Waals surface area contributed by atoms with Gasteiger partial charge in [0, 0.05) is 12.1 Å². The molecule has 0 saturated heterocycles. The molecule has 6 heteroatoms. The van der Waals surface area contributed by atoms with Crippen LogP contribution >= 0.6 is 23.8 Å². The van der Waals surface area contributed by atoms with Crippen molar-refractivity contribution in [1.82, 2.24) is 9.78 Å². The molecule has 0 radical (unpaired) electrons. The molecule has 0 aliphatic rings. The average molecular weight is 310 g/mol. The number of nitrogens with zero attached hydrogens (tertiary/aromatic N) is 2. The minimum absolute atomic E-state index is 0.318. The maximum Gasteiger partial charge on any atom is 0.138 e. The van der Waals surface area contributed by atoms with E-state index in [1.165, 1.54) is 0 Å². The molecule has 0 fully saturated rings. The van der Waals surface area contributed by atoms with E-state index in [0.717, 1.165) is 23.5 Å². The van der Waals surface area contributed by atoms with Crippen LogP contribution in [0, 0.1) is 6.92 Å². The van der Waals surface area contributed by atoms with Crippen LogP contribution in [-0.2, 0) is 13.2 Å². The molecule has 0 saturated carbocycles. The fourth-order valence-corrected chi connectivity index (χ4v) is 2.27. The molecule has 0 bridgehead atoms. The lowest BCUT2D eigenvalue weighted by atomic mass is 10.2. The lowest BCUT2D eigenvalue weighted by Gasteiger charge is -2.10. The van der Waals surface area contributed by atoms with Crippen molar-refractivity contribution in [2.75, 3.05) is 0 Å². The molecule has 4 nitrogen and oxygen atoms in total. The van der Waals surface area contributed by atoms with Gasteiger partial charge in [0.15, 0.2) is 0 Å². The highest BCUT2D eigenvalue weighted by Crippen LogP contribution is 2.26. The summed E-state index contributed by atoms with van der Waals surface area (Å²) in [6, 6.07) is 7.28. The second-order valence-electron chi connectivity index (χ2n) is 4.39. The minimum atomic E-state index is 0.318. The molecular formula is C14H16ClN3OS. The Morgan fingerprint density at radius 3 is 2.80 bits per heavy atom. The number of rotatable bonds is 5. The van der Waals surface area contributed by atoms with Gasteiger partial charge in [0.1, 0.15) is 17.3 Å². The Kier molecular flexibility index (Phi) is 4.62. The van der Waals surface area contributed by atoms with Gasteiger partial charge in [0.25, 0.3) is 0 Å². The van der Waals surface area contributed by atoms with Crippen LogP contribution in [0.15, 0.2) is 24.3 Å². The van der Waals surface area contributed by atoms with Crippen LogP contribution in [0.25, 0.3) is 0 Å². The monoisotopic (exact) mass is 309 g/mol. The van der Waals surface area contributed by atoms with E-state index >= 15 is 0 Å². The summed E-state index contributed by atoms with van der Waals surface area (Å²) in [6.07, 6.45) is 0. The summed E-state index contributed by atoms with van der Waals surface area (Å²) in [5.41, 5.74) is 8.27. The van der Waals surface area contributed by atoms with Crippen molar-refractivity contribution in [2.45, 2.75) is 27.0 Å². The van der Waals surface area contributed by atoms with Gasteiger partial charge in [-0.25, -0.2) is 0 Å². The molecule has 0 atom stereocenters. The number of aryl methyl sites for hydroxylation is 2. The molecule has 0 aliphatic heterocycles. The number of ether oxygens (including phenoxy) is 1. The number of hydrogen-bond donors (Lipinski definition) is 1. The molecule has 2 aromatic rings. The van der Waals surface area contributed by atoms with E-state index in [9.17, 15) is 0 Å². The summed E-state index contributed by atoms with van der Waals surface area (Å²) < 4.78 is 7.65. The Balaban J connectivity index is 2.12. The van der Waals surface area contributed by atoms with Gasteiger partial charge in [0.2, 0.25) is 0 Å². The molecule has 1 heterocycles. The van der Waals surface area contributed by atoms with Crippen LogP contribution in [0.3, 0.4) is 0 Å². The Labute approximate surface area is 128 Å². The summed E-state index contributed by atoms with van der Waals surface area (Å²) in [7, 11) is 0. The summed E-state index contributed by atoms with van der Waals surface area (Å²) in [4.78, 5) is 0.318. The van der Waals surface area contributed by atoms with Crippen LogP contribution < -0.4 is 10.5 Å². The van der Waals surface area contributed by atoms with Crippen molar-refractivity contribution in [3.63, 3.8) is 0 Å². The molecule has 20 heavy (non-hydrogen) atoms. The van der Waals surface area contributed by atoms with Gasteiger partial charge < -0.3 is 10.5 Å². The molecule has 1 aromatic heterocycles. The van der Waals surface area contributed by atoms with Crippen molar-refractivity contribution in [3.05, 3.63) is 46.2 Å². The maximum absolute atomic E-state index is 6.16. The van der Waals surface area contributed by atoms with Crippen molar-refractivity contribution in [1.29, 1.82) is 0 Å². The second-order valence-corrected chi connectivity index (χ2v) is 5.24. The number of aromatic nitrogens is 2. The van der Waals surface area contributed by atoms with E-state index in [1.54, 1.807) is 18.2 Å². The van der Waals surface area contributed by atoms with Crippen LogP contribution in [0.2, 0.25) is 5.02 Å². The van der Waals surface area contributed by atoms with Crippen LogP contribution in [-0.4, -0.2) is 14.8 Å². The number of nitrogens with two attached hydrogens (primary N) is 1. The standard InChI is InChI=1S/C14H16ClN3OS/c1-3-18-11(6-9(2)17-18)8-19-13-5-4-10(14(16)20)7-12(13)15/h4-7H,3,8H2,1-2H3,(H2,16,20). The molecule has 2 N–H and O–H groups in total. The maximum atomic E-state index is 6.16. The molecule has 0 amide bonds. The van der Waals surface area contributed by atoms with Gasteiger partial charge in [-0.2, -0.15) is 5.10 Å². The molecule has 2 rings (SSSR count). The third kappa shape index (κ3) is 3.29. The zero-order valence-corrected chi connectivity index (χ0v) is 13.0. The SMILES string of the molecule is CCn1nc(C)cc1COc1ccc(C(N)=S)cc1Cl. The van der Waals surface area contributed by atoms with E-state index in [1.807, 2.05) is 24.6 Å². The van der Waals surface area contributed by atoms with Gasteiger partial charge in [-0.3, -0.25) is 4.68 Å². The normalized spacial score (nSPS) is 10.6. The van der Waals surface area contributed by atoms with Crippen LogP contribution in [0.1, 0.15) is 23.9 Å². The fourth-order valence-electron chi connectivity index (χ4n) is 1.91. The van der Waals surface area contributed by atoms with Crippen LogP contribution in [0.5, 0.6) is 5.75 Å². The van der Waals surface area contributed by atoms with Crippen LogP contribution in [0.4, 0.5) is 0 Å². The predicted octanol–water partition coefficient (Wildman–Crippen LogP) is 3.08. The van der Waals surface area contributed by atoms with Gasteiger partial charge in [-0.15, -0.1) is 0 Å². The number of hydrogen-bond acceptors (Lipinski definition) is 3. The lowest BCUT2D eigenvalue weighted by Crippen LogP contribution is -2.09. The van der Waals surface area contributed by atoms with E-state index in [-0.39, 0.29) is 0 Å².